The van der Waals surface area contributed by atoms with E-state index in [0.29, 0.717) is 47.8 Å². The summed E-state index contributed by atoms with van der Waals surface area (Å²) in [6, 6.07) is 12.9. The molecule has 1 aromatic heterocycles. The van der Waals surface area contributed by atoms with Gasteiger partial charge in [-0.05, 0) is 62.7 Å². The van der Waals surface area contributed by atoms with Gasteiger partial charge in [0.15, 0.2) is 23.1 Å². The Morgan fingerprint density at radius 2 is 1.81 bits per heavy atom. The van der Waals surface area contributed by atoms with Crippen LogP contribution < -0.4 is 14.8 Å². The van der Waals surface area contributed by atoms with Crippen LogP contribution >= 0.6 is 11.6 Å². The van der Waals surface area contributed by atoms with Crippen LogP contribution in [-0.2, 0) is 11.2 Å². The first-order chi connectivity index (χ1) is 15.0. The van der Waals surface area contributed by atoms with Crippen LogP contribution in [0.15, 0.2) is 53.1 Å². The number of hydrogen-bond acceptors (Lipinski definition) is 5. The quantitative estimate of drug-likeness (QED) is 0.442. The maximum absolute atomic E-state index is 12.4. The van der Waals surface area contributed by atoms with Crippen LogP contribution in [0.1, 0.15) is 44.7 Å². The van der Waals surface area contributed by atoms with Crippen molar-refractivity contribution in [2.75, 3.05) is 13.2 Å². The molecule has 0 aliphatic carbocycles. The number of nitrogens with zero attached hydrogens (tertiary/aromatic N) is 1. The van der Waals surface area contributed by atoms with Crippen molar-refractivity contribution >= 4 is 17.5 Å². The fraction of sp³-hybridized carbons (Fsp3) is 0.333. The van der Waals surface area contributed by atoms with E-state index in [4.69, 9.17) is 25.5 Å². The van der Waals surface area contributed by atoms with Gasteiger partial charge < -0.3 is 19.2 Å². The Bertz CT molecular complexity index is 1000. The number of carbonyl (C=O) groups excluding carboxylic acids is 1. The summed E-state index contributed by atoms with van der Waals surface area (Å²) in [6.07, 6.45) is 2.36. The van der Waals surface area contributed by atoms with Crippen LogP contribution in [0.5, 0.6) is 11.5 Å². The highest BCUT2D eigenvalue weighted by Gasteiger charge is 2.15. The van der Waals surface area contributed by atoms with E-state index in [0.717, 1.165) is 11.1 Å². The average molecular weight is 443 g/mol. The molecule has 1 heterocycles. The van der Waals surface area contributed by atoms with Crippen LogP contribution in [0.3, 0.4) is 0 Å². The van der Waals surface area contributed by atoms with Crippen molar-refractivity contribution in [1.82, 2.24) is 10.3 Å². The Morgan fingerprint density at radius 1 is 1.10 bits per heavy atom. The highest BCUT2D eigenvalue weighted by Crippen LogP contribution is 2.31. The Hall–Kier alpha value is -2.99. The van der Waals surface area contributed by atoms with Gasteiger partial charge in [-0.1, -0.05) is 17.7 Å². The van der Waals surface area contributed by atoms with E-state index in [1.165, 1.54) is 0 Å². The second-order valence-electron chi connectivity index (χ2n) is 6.99. The summed E-state index contributed by atoms with van der Waals surface area (Å²) in [5.74, 6) is 2.47. The van der Waals surface area contributed by atoms with Gasteiger partial charge in [0.1, 0.15) is 0 Å². The summed E-state index contributed by atoms with van der Waals surface area (Å²) in [6.45, 7) is 6.89. The number of oxazole rings is 1. The average Bonchev–Trinajstić information content (AvgIpc) is 3.23. The van der Waals surface area contributed by atoms with Gasteiger partial charge in [-0.15, -0.1) is 0 Å². The van der Waals surface area contributed by atoms with Crippen LogP contribution in [-0.4, -0.2) is 24.1 Å². The van der Waals surface area contributed by atoms with Gasteiger partial charge in [0.25, 0.3) is 0 Å². The van der Waals surface area contributed by atoms with Crippen molar-refractivity contribution in [1.29, 1.82) is 0 Å². The largest absolute Gasteiger partial charge is 0.490 e. The van der Waals surface area contributed by atoms with Gasteiger partial charge in [-0.25, -0.2) is 4.98 Å². The van der Waals surface area contributed by atoms with Crippen molar-refractivity contribution in [2.24, 2.45) is 0 Å². The minimum absolute atomic E-state index is 0.0782. The predicted molar refractivity (Wildman–Crippen MR) is 121 cm³/mol. The number of rotatable bonds is 10. The van der Waals surface area contributed by atoms with Crippen molar-refractivity contribution in [3.8, 4) is 22.8 Å². The standard InChI is InChI=1S/C24H27ClN2O4/c1-4-29-20-11-8-18(14-21(20)30-5-2)16(3)27-23(28)12-13-24-26-15-22(31-24)17-6-9-19(25)10-7-17/h6-11,14-16H,4-5,12-13H2,1-3H3,(H,27,28). The minimum Gasteiger partial charge on any atom is -0.490 e. The van der Waals surface area contributed by atoms with E-state index in [2.05, 4.69) is 10.3 Å². The summed E-state index contributed by atoms with van der Waals surface area (Å²) in [5, 5.41) is 3.67. The zero-order valence-electron chi connectivity index (χ0n) is 18.0. The number of aromatic nitrogens is 1. The first-order valence-corrected chi connectivity index (χ1v) is 10.8. The normalized spacial score (nSPS) is 11.7. The van der Waals surface area contributed by atoms with Crippen molar-refractivity contribution in [2.45, 2.75) is 39.7 Å². The van der Waals surface area contributed by atoms with Crippen molar-refractivity contribution < 1.29 is 18.7 Å². The lowest BCUT2D eigenvalue weighted by molar-refractivity contribution is -0.121. The number of amides is 1. The molecule has 1 unspecified atom stereocenters. The van der Waals surface area contributed by atoms with Gasteiger partial charge in [-0.3, -0.25) is 4.79 Å². The molecule has 7 heteroatoms. The molecule has 0 spiro atoms. The SMILES string of the molecule is CCOc1ccc(C(C)NC(=O)CCc2ncc(-c3ccc(Cl)cc3)o2)cc1OCC. The maximum Gasteiger partial charge on any atom is 0.220 e. The second kappa shape index (κ2) is 10.9. The van der Waals surface area contributed by atoms with Gasteiger partial charge in [0, 0.05) is 23.4 Å². The topological polar surface area (TPSA) is 73.6 Å². The molecule has 1 N–H and O–H groups in total. The molecule has 0 radical (unpaired) electrons. The van der Waals surface area contributed by atoms with Gasteiger partial charge >= 0.3 is 0 Å². The number of benzene rings is 2. The maximum atomic E-state index is 12.4. The second-order valence-corrected chi connectivity index (χ2v) is 7.42. The van der Waals surface area contributed by atoms with E-state index in [-0.39, 0.29) is 18.4 Å². The summed E-state index contributed by atoms with van der Waals surface area (Å²) in [5.41, 5.74) is 1.84. The zero-order chi connectivity index (χ0) is 22.2. The molecule has 3 rings (SSSR count). The van der Waals surface area contributed by atoms with Crippen LogP contribution in [0.2, 0.25) is 5.02 Å². The van der Waals surface area contributed by atoms with Crippen LogP contribution in [0, 0.1) is 0 Å². The number of halogens is 1. The molecule has 0 aliphatic rings. The Morgan fingerprint density at radius 3 is 2.52 bits per heavy atom. The Balaban J connectivity index is 1.56. The van der Waals surface area contributed by atoms with Gasteiger partial charge in [0.2, 0.25) is 5.91 Å². The minimum atomic E-state index is -0.170. The lowest BCUT2D eigenvalue weighted by atomic mass is 10.1. The van der Waals surface area contributed by atoms with Gasteiger partial charge in [-0.2, -0.15) is 0 Å². The monoisotopic (exact) mass is 442 g/mol. The van der Waals surface area contributed by atoms with E-state index in [1.807, 2.05) is 51.1 Å². The first-order valence-electron chi connectivity index (χ1n) is 10.4. The highest BCUT2D eigenvalue weighted by molar-refractivity contribution is 6.30. The molecule has 0 saturated carbocycles. The molecule has 0 aliphatic heterocycles. The fourth-order valence-corrected chi connectivity index (χ4v) is 3.25. The summed E-state index contributed by atoms with van der Waals surface area (Å²) in [7, 11) is 0. The molecule has 0 bridgehead atoms. The molecule has 1 atom stereocenters. The lowest BCUT2D eigenvalue weighted by Gasteiger charge is -2.17. The molecular weight excluding hydrogens is 416 g/mol. The van der Waals surface area contributed by atoms with E-state index in [9.17, 15) is 4.79 Å². The van der Waals surface area contributed by atoms with Crippen molar-refractivity contribution in [3.63, 3.8) is 0 Å². The fourth-order valence-electron chi connectivity index (χ4n) is 3.13. The zero-order valence-corrected chi connectivity index (χ0v) is 18.7. The predicted octanol–water partition coefficient (Wildman–Crippen LogP) is 5.60. The molecular formula is C24H27ClN2O4. The number of hydrogen-bond donors (Lipinski definition) is 1. The summed E-state index contributed by atoms with van der Waals surface area (Å²) >= 11 is 5.92. The molecule has 6 nitrogen and oxygen atoms in total. The smallest absolute Gasteiger partial charge is 0.220 e. The van der Waals surface area contributed by atoms with E-state index in [1.54, 1.807) is 18.3 Å². The Labute approximate surface area is 187 Å². The molecule has 164 valence electrons. The third kappa shape index (κ3) is 6.25. The first kappa shape index (κ1) is 22.7. The molecule has 1 amide bonds. The number of nitrogens with one attached hydrogen (secondary N) is 1. The molecule has 0 fully saturated rings. The van der Waals surface area contributed by atoms with E-state index >= 15 is 0 Å². The molecule has 2 aromatic carbocycles. The molecule has 3 aromatic rings. The van der Waals surface area contributed by atoms with Crippen LogP contribution in [0.25, 0.3) is 11.3 Å². The third-order valence-electron chi connectivity index (χ3n) is 4.69. The number of carbonyl (C=O) groups is 1. The third-order valence-corrected chi connectivity index (χ3v) is 4.95. The highest BCUT2D eigenvalue weighted by atomic mass is 35.5. The molecule has 0 saturated heterocycles. The van der Waals surface area contributed by atoms with Crippen molar-refractivity contribution in [3.05, 3.63) is 65.1 Å². The number of aryl methyl sites for hydroxylation is 1. The van der Waals surface area contributed by atoms with Crippen LogP contribution in [0.4, 0.5) is 0 Å². The lowest BCUT2D eigenvalue weighted by Crippen LogP contribution is -2.26. The van der Waals surface area contributed by atoms with Gasteiger partial charge in [0.05, 0.1) is 25.5 Å². The summed E-state index contributed by atoms with van der Waals surface area (Å²) in [4.78, 5) is 16.7. The van der Waals surface area contributed by atoms with E-state index < -0.39 is 0 Å². The Kier molecular flexibility index (Phi) is 7.95. The summed E-state index contributed by atoms with van der Waals surface area (Å²) < 4.78 is 17.0. The molecule has 31 heavy (non-hydrogen) atoms. The number of ether oxygens (including phenoxy) is 2.